The van der Waals surface area contributed by atoms with Gasteiger partial charge in [-0.1, -0.05) is 29.8 Å². The van der Waals surface area contributed by atoms with Gasteiger partial charge >= 0.3 is 0 Å². The van der Waals surface area contributed by atoms with Crippen LogP contribution >= 0.6 is 0 Å². The second-order valence-corrected chi connectivity index (χ2v) is 7.98. The molecule has 1 aliphatic rings. The monoisotopic (exact) mass is 398 g/mol. The molecule has 1 fully saturated rings. The van der Waals surface area contributed by atoms with E-state index in [9.17, 15) is 14.7 Å². The molecule has 0 radical (unpaired) electrons. The molecule has 1 aliphatic carbocycles. The number of amides is 2. The quantitative estimate of drug-likeness (QED) is 0.655. The van der Waals surface area contributed by atoms with E-state index in [1.165, 1.54) is 0 Å². The molecule has 1 aromatic carbocycles. The molecular formula is C22H30N4O3. The molecule has 7 nitrogen and oxygen atoms in total. The van der Waals surface area contributed by atoms with Crippen LogP contribution in [-0.4, -0.2) is 45.4 Å². The first-order chi connectivity index (χ1) is 13.9. The van der Waals surface area contributed by atoms with Gasteiger partial charge in [-0.15, -0.1) is 0 Å². The van der Waals surface area contributed by atoms with Crippen LogP contribution in [0.5, 0.6) is 0 Å². The first kappa shape index (κ1) is 21.0. The highest BCUT2D eigenvalue weighted by atomic mass is 16.3. The highest BCUT2D eigenvalue weighted by Gasteiger charge is 2.33. The van der Waals surface area contributed by atoms with Crippen LogP contribution in [0.15, 0.2) is 36.7 Å². The smallest absolute Gasteiger partial charge is 0.224 e. The van der Waals surface area contributed by atoms with E-state index in [1.54, 1.807) is 10.9 Å². The molecule has 1 saturated carbocycles. The van der Waals surface area contributed by atoms with Crippen LogP contribution in [0, 0.1) is 12.8 Å². The summed E-state index contributed by atoms with van der Waals surface area (Å²) in [7, 11) is 1.86. The summed E-state index contributed by atoms with van der Waals surface area (Å²) in [6, 6.07) is 7.43. The van der Waals surface area contributed by atoms with Crippen molar-refractivity contribution in [3.8, 4) is 0 Å². The van der Waals surface area contributed by atoms with Crippen molar-refractivity contribution < 1.29 is 14.7 Å². The maximum atomic E-state index is 12.5. The Labute approximate surface area is 171 Å². The number of nitrogens with one attached hydrogen (secondary N) is 2. The fourth-order valence-electron chi connectivity index (χ4n) is 3.77. The van der Waals surface area contributed by atoms with Gasteiger partial charge in [-0.2, -0.15) is 5.10 Å². The molecule has 2 aromatic rings. The van der Waals surface area contributed by atoms with Crippen molar-refractivity contribution in [3.05, 3.63) is 53.3 Å². The number of rotatable bonds is 7. The summed E-state index contributed by atoms with van der Waals surface area (Å²) in [4.78, 5) is 24.9. The van der Waals surface area contributed by atoms with Gasteiger partial charge in [-0.05, 0) is 43.7 Å². The standard InChI is InChI=1S/C22H30N4O3/c1-15-3-5-16(6-4-15)11-21(28)25-19-12-18(7-8-20(19)27)22(29)23-10-9-17-13-24-26(2)14-17/h3-6,13-14,18-20,27H,7-12H2,1-2H3,(H,23,29)(H,25,28)/t18-,19+,20+/m0/s1. The lowest BCUT2D eigenvalue weighted by Crippen LogP contribution is -2.50. The van der Waals surface area contributed by atoms with Gasteiger partial charge in [0.25, 0.3) is 0 Å². The molecule has 0 aliphatic heterocycles. The Bertz CT molecular complexity index is 831. The van der Waals surface area contributed by atoms with E-state index in [0.29, 0.717) is 25.8 Å². The Morgan fingerprint density at radius 1 is 1.21 bits per heavy atom. The van der Waals surface area contributed by atoms with Gasteiger partial charge in [-0.25, -0.2) is 0 Å². The predicted octanol–water partition coefficient (Wildman–Crippen LogP) is 1.28. The second-order valence-electron chi connectivity index (χ2n) is 7.98. The summed E-state index contributed by atoms with van der Waals surface area (Å²) in [5.41, 5.74) is 3.16. The first-order valence-electron chi connectivity index (χ1n) is 10.2. The number of hydrogen-bond acceptors (Lipinski definition) is 4. The number of aryl methyl sites for hydroxylation is 2. The normalized spacial score (nSPS) is 21.6. The summed E-state index contributed by atoms with van der Waals surface area (Å²) in [6.45, 7) is 2.55. The summed E-state index contributed by atoms with van der Waals surface area (Å²) in [5.74, 6) is -0.342. The van der Waals surface area contributed by atoms with Gasteiger partial charge < -0.3 is 15.7 Å². The number of nitrogens with zero attached hydrogens (tertiary/aromatic N) is 2. The number of benzene rings is 1. The Kier molecular flexibility index (Phi) is 7.04. The van der Waals surface area contributed by atoms with E-state index in [1.807, 2.05) is 44.4 Å². The molecule has 29 heavy (non-hydrogen) atoms. The van der Waals surface area contributed by atoms with Gasteiger partial charge in [0.1, 0.15) is 0 Å². The zero-order valence-electron chi connectivity index (χ0n) is 17.1. The van der Waals surface area contributed by atoms with Gasteiger partial charge in [0.05, 0.1) is 24.8 Å². The summed E-state index contributed by atoms with van der Waals surface area (Å²) < 4.78 is 1.74. The molecule has 0 bridgehead atoms. The molecule has 156 valence electrons. The largest absolute Gasteiger partial charge is 0.391 e. The minimum absolute atomic E-state index is 0.0152. The third-order valence-electron chi connectivity index (χ3n) is 5.49. The number of aliphatic hydroxyl groups excluding tert-OH is 1. The zero-order chi connectivity index (χ0) is 20.8. The number of carbonyl (C=O) groups is 2. The average molecular weight is 399 g/mol. The second kappa shape index (κ2) is 9.69. The van der Waals surface area contributed by atoms with Crippen LogP contribution in [0.4, 0.5) is 0 Å². The minimum atomic E-state index is -0.614. The maximum absolute atomic E-state index is 12.5. The van der Waals surface area contributed by atoms with Gasteiger partial charge in [0.15, 0.2) is 0 Å². The third-order valence-corrected chi connectivity index (χ3v) is 5.49. The van der Waals surface area contributed by atoms with E-state index < -0.39 is 12.1 Å². The topological polar surface area (TPSA) is 96.3 Å². The van der Waals surface area contributed by atoms with Crippen molar-refractivity contribution in [2.24, 2.45) is 13.0 Å². The molecule has 0 saturated heterocycles. The van der Waals surface area contributed by atoms with E-state index in [4.69, 9.17) is 0 Å². The molecule has 3 atom stereocenters. The molecule has 0 unspecified atom stereocenters. The number of carbonyl (C=O) groups excluding carboxylic acids is 2. The van der Waals surface area contributed by atoms with Gasteiger partial charge in [0, 0.05) is 25.7 Å². The van der Waals surface area contributed by atoms with Crippen molar-refractivity contribution >= 4 is 11.8 Å². The number of aromatic nitrogens is 2. The predicted molar refractivity (Wildman–Crippen MR) is 110 cm³/mol. The maximum Gasteiger partial charge on any atom is 0.224 e. The van der Waals surface area contributed by atoms with E-state index in [2.05, 4.69) is 15.7 Å². The third kappa shape index (κ3) is 6.15. The molecule has 3 rings (SSSR count). The first-order valence-corrected chi connectivity index (χ1v) is 10.2. The Morgan fingerprint density at radius 2 is 1.97 bits per heavy atom. The lowest BCUT2D eigenvalue weighted by atomic mass is 9.83. The van der Waals surface area contributed by atoms with Crippen molar-refractivity contribution in [1.82, 2.24) is 20.4 Å². The Morgan fingerprint density at radius 3 is 2.66 bits per heavy atom. The van der Waals surface area contributed by atoms with Crippen LogP contribution in [0.2, 0.25) is 0 Å². The molecule has 1 aromatic heterocycles. The van der Waals surface area contributed by atoms with E-state index >= 15 is 0 Å². The van der Waals surface area contributed by atoms with Crippen LogP contribution < -0.4 is 10.6 Å². The van der Waals surface area contributed by atoms with Crippen LogP contribution in [-0.2, 0) is 29.5 Å². The Hall–Kier alpha value is -2.67. The van der Waals surface area contributed by atoms with Crippen molar-refractivity contribution in [2.45, 2.75) is 51.2 Å². The van der Waals surface area contributed by atoms with E-state index in [-0.39, 0.29) is 24.2 Å². The number of hydrogen-bond donors (Lipinski definition) is 3. The molecule has 0 spiro atoms. The van der Waals surface area contributed by atoms with E-state index in [0.717, 1.165) is 23.1 Å². The minimum Gasteiger partial charge on any atom is -0.391 e. The van der Waals surface area contributed by atoms with Crippen molar-refractivity contribution in [2.75, 3.05) is 6.54 Å². The summed E-state index contributed by atoms with van der Waals surface area (Å²) in [5, 5.41) is 20.3. The highest BCUT2D eigenvalue weighted by Crippen LogP contribution is 2.25. The molecule has 2 amide bonds. The van der Waals surface area contributed by atoms with Crippen LogP contribution in [0.25, 0.3) is 0 Å². The van der Waals surface area contributed by atoms with Crippen LogP contribution in [0.1, 0.15) is 36.0 Å². The lowest BCUT2D eigenvalue weighted by Gasteiger charge is -2.33. The SMILES string of the molecule is Cc1ccc(CC(=O)N[C@@H]2C[C@@H](C(=O)NCCc3cnn(C)c3)CC[C@H]2O)cc1. The Balaban J connectivity index is 1.46. The summed E-state index contributed by atoms with van der Waals surface area (Å²) in [6.07, 6.45) is 5.71. The molecule has 3 N–H and O–H groups in total. The highest BCUT2D eigenvalue weighted by molar-refractivity contribution is 5.80. The fourth-order valence-corrected chi connectivity index (χ4v) is 3.77. The molecule has 1 heterocycles. The van der Waals surface area contributed by atoms with Crippen molar-refractivity contribution in [1.29, 1.82) is 0 Å². The summed E-state index contributed by atoms with van der Waals surface area (Å²) >= 11 is 0. The molecule has 7 heteroatoms. The van der Waals surface area contributed by atoms with Crippen molar-refractivity contribution in [3.63, 3.8) is 0 Å². The number of aliphatic hydroxyl groups is 1. The van der Waals surface area contributed by atoms with Gasteiger partial charge in [0.2, 0.25) is 11.8 Å². The zero-order valence-corrected chi connectivity index (χ0v) is 17.1. The van der Waals surface area contributed by atoms with Crippen LogP contribution in [0.3, 0.4) is 0 Å². The molecular weight excluding hydrogens is 368 g/mol. The lowest BCUT2D eigenvalue weighted by molar-refractivity contribution is -0.129. The average Bonchev–Trinajstić information content (AvgIpc) is 3.10. The fraction of sp³-hybridized carbons (Fsp3) is 0.500. The van der Waals surface area contributed by atoms with Gasteiger partial charge in [-0.3, -0.25) is 14.3 Å².